The fourth-order valence-electron chi connectivity index (χ4n) is 11.4. The molecular weight excluding hydrogens is 1590 g/mol. The predicted octanol–water partition coefficient (Wildman–Crippen LogP) is 32.1. The predicted molar refractivity (Wildman–Crippen MR) is 490 cm³/mol. The number of alkyl halides is 3. The minimum Gasteiger partial charge on any atom is -0.497 e. The average molecular weight is 1720 g/mol. The molecule has 0 spiro atoms. The van der Waals surface area contributed by atoms with E-state index >= 15 is 0 Å². The Morgan fingerprint density at radius 1 is 0.353 bits per heavy atom. The number of methoxy groups -OCH3 is 3. The maximum Gasteiger partial charge on any atom is 0.416 e. The van der Waals surface area contributed by atoms with E-state index in [1.807, 2.05) is 93.6 Å². The highest BCUT2D eigenvalue weighted by atomic mass is 79.9. The van der Waals surface area contributed by atoms with E-state index in [0.29, 0.717) is 52.5 Å². The normalized spacial score (nSPS) is 10.5. The standard InChI is InChI=1S/C11H13F3.C11H15FO.C11H13N.2C11H16O.C10H12BrF.C10H12ClF.2C10H13Cl.C7H12/c1-8(2)7-9-5-3-4-6-10(9)11(12,13)14;1-8(2)6-9-7-10(12)4-5-11(9)13-3;1-9(2)6-10-4-3-5-11(7-10)8-12;1-9(2)8-10-4-6-11(12-3)7-5-10;1-9(2)8-10-6-4-5-7-11(10)12-3;2*1-7(2)5-8-6-9(12)3-4-10(8)11;1-8(2)7-9-3-5-10(11)6-4-9;1-8(2)6-9-4-3-5-10(11)7-9;1-4-5-6-7(2)3/h3-6,8H,7H2,1-2H3;4-5,7-8H,6H2,1-3H3;3-5,7,9H,6H2,1-2H3;2*4-7,9H,8H2,1-3H3;2*3-4,6-7H,5H2,1-2H3;3-6,8H,7H2,1-2H3;3-5,7-8H,6H2,1-2H3;7H,6H2,1-3H3. The molecule has 0 saturated carbocycles. The van der Waals surface area contributed by atoms with Gasteiger partial charge in [0, 0.05) is 26.0 Å². The van der Waals surface area contributed by atoms with Crippen LogP contribution in [0.5, 0.6) is 17.2 Å². The van der Waals surface area contributed by atoms with Crippen LogP contribution in [0.4, 0.5) is 26.3 Å². The zero-order valence-corrected chi connectivity index (χ0v) is 77.7. The van der Waals surface area contributed by atoms with E-state index in [1.54, 1.807) is 63.8 Å². The number of halogens is 10. The molecule has 9 aromatic rings. The van der Waals surface area contributed by atoms with Gasteiger partial charge in [-0.25, -0.2) is 13.2 Å². The van der Waals surface area contributed by atoms with Crippen LogP contribution in [0.2, 0.25) is 15.1 Å². The summed E-state index contributed by atoms with van der Waals surface area (Å²) >= 11 is 20.8. The number of nitrogens with zero attached hydrogens (tertiary/aromatic N) is 1. The summed E-state index contributed by atoms with van der Waals surface area (Å²) in [4.78, 5) is 0. The first-order chi connectivity index (χ1) is 54.5. The summed E-state index contributed by atoms with van der Waals surface area (Å²) in [5.74, 6) is 14.0. The lowest BCUT2D eigenvalue weighted by atomic mass is 9.98. The molecule has 0 aliphatic carbocycles. The number of benzene rings is 9. The first kappa shape index (κ1) is 108. The highest BCUT2D eigenvalue weighted by molar-refractivity contribution is 9.10. The Labute approximate surface area is 721 Å². The van der Waals surface area contributed by atoms with E-state index < -0.39 is 11.7 Å². The third-order valence-corrected chi connectivity index (χ3v) is 17.8. The van der Waals surface area contributed by atoms with E-state index in [2.05, 4.69) is 207 Å². The van der Waals surface area contributed by atoms with Gasteiger partial charge >= 0.3 is 6.18 Å². The molecule has 0 aliphatic heterocycles. The molecular formula is C102H135BrCl3F6NO3. The highest BCUT2D eigenvalue weighted by Crippen LogP contribution is 2.33. The van der Waals surface area contributed by atoms with Crippen LogP contribution in [0.1, 0.15) is 213 Å². The van der Waals surface area contributed by atoms with E-state index in [-0.39, 0.29) is 23.4 Å². The van der Waals surface area contributed by atoms with Gasteiger partial charge in [0.05, 0.1) is 38.5 Å². The maximum atomic E-state index is 12.9. The molecule has 0 N–H and O–H groups in total. The molecule has 636 valence electrons. The van der Waals surface area contributed by atoms with Gasteiger partial charge in [-0.15, -0.1) is 11.8 Å². The second-order valence-corrected chi connectivity index (χ2v) is 34.9. The summed E-state index contributed by atoms with van der Waals surface area (Å²) in [6, 6.07) is 62.2. The Hall–Kier alpha value is -7.64. The number of hydrogen-bond acceptors (Lipinski definition) is 4. The summed E-state index contributed by atoms with van der Waals surface area (Å²) in [6.07, 6.45) is 5.40. The minimum absolute atomic E-state index is 0.158. The molecule has 0 fully saturated rings. The molecule has 9 aromatic carbocycles. The summed E-state index contributed by atoms with van der Waals surface area (Å²) in [5.41, 5.74) is 10.1. The van der Waals surface area contributed by atoms with Crippen LogP contribution < -0.4 is 14.2 Å². The number of para-hydroxylation sites is 1. The van der Waals surface area contributed by atoms with Crippen molar-refractivity contribution in [1.82, 2.24) is 0 Å². The molecule has 0 unspecified atom stereocenters. The van der Waals surface area contributed by atoms with Crippen LogP contribution in [0.25, 0.3) is 0 Å². The van der Waals surface area contributed by atoms with E-state index in [1.165, 1.54) is 58.1 Å². The molecule has 116 heavy (non-hydrogen) atoms. The zero-order valence-electron chi connectivity index (χ0n) is 73.8. The van der Waals surface area contributed by atoms with Crippen molar-refractivity contribution < 1.29 is 40.6 Å². The smallest absolute Gasteiger partial charge is 0.416 e. The highest BCUT2D eigenvalue weighted by Gasteiger charge is 2.33. The first-order valence-corrected chi connectivity index (χ1v) is 42.4. The van der Waals surface area contributed by atoms with Crippen LogP contribution >= 0.6 is 50.7 Å². The van der Waals surface area contributed by atoms with Gasteiger partial charge < -0.3 is 14.2 Å². The van der Waals surface area contributed by atoms with Gasteiger partial charge in [0.25, 0.3) is 0 Å². The molecule has 0 bridgehead atoms. The first-order valence-electron chi connectivity index (χ1n) is 40.5. The van der Waals surface area contributed by atoms with Gasteiger partial charge in [0.15, 0.2) is 0 Å². The lowest BCUT2D eigenvalue weighted by Gasteiger charge is -2.13. The van der Waals surface area contributed by atoms with E-state index in [9.17, 15) is 26.3 Å². The molecule has 0 atom stereocenters. The third-order valence-electron chi connectivity index (χ3n) is 16.2. The van der Waals surface area contributed by atoms with Crippen LogP contribution in [0.3, 0.4) is 0 Å². The van der Waals surface area contributed by atoms with Crippen molar-refractivity contribution in [1.29, 1.82) is 5.26 Å². The summed E-state index contributed by atoms with van der Waals surface area (Å²) in [7, 11) is 5.02. The summed E-state index contributed by atoms with van der Waals surface area (Å²) in [6.45, 7) is 44.7. The second kappa shape index (κ2) is 61.6. The third kappa shape index (κ3) is 54.4. The number of nitriles is 1. The molecule has 0 amide bonds. The van der Waals surface area contributed by atoms with Crippen molar-refractivity contribution in [2.45, 2.75) is 216 Å². The van der Waals surface area contributed by atoms with E-state index in [0.717, 1.165) is 136 Å². The SMILES string of the molecule is CC#CCC(C)C.CC(C)Cc1cc(F)ccc1Br.CC(C)Cc1cc(F)ccc1Cl.CC(C)Cc1ccc(Cl)cc1.CC(C)Cc1cccc(C#N)c1.CC(C)Cc1cccc(Cl)c1.CC(C)Cc1ccccc1C(F)(F)F.COc1ccc(CC(C)C)cc1.COc1ccc(F)cc1CC(C)C.COc1ccccc1CC(C)C. The topological polar surface area (TPSA) is 51.5 Å². The van der Waals surface area contributed by atoms with Crippen molar-refractivity contribution in [3.8, 4) is 35.2 Å². The van der Waals surface area contributed by atoms with Gasteiger partial charge in [0.1, 0.15) is 34.7 Å². The van der Waals surface area contributed by atoms with Crippen LogP contribution in [-0.2, 0) is 64.0 Å². The minimum atomic E-state index is -4.23. The molecule has 14 heteroatoms. The Balaban J connectivity index is 0.00000127. The van der Waals surface area contributed by atoms with Crippen LogP contribution in [0.15, 0.2) is 205 Å². The van der Waals surface area contributed by atoms with Crippen molar-refractivity contribution in [2.24, 2.45) is 59.2 Å². The quantitative estimate of drug-likeness (QED) is 0.0501. The van der Waals surface area contributed by atoms with Crippen LogP contribution in [0, 0.1) is 99.8 Å². The van der Waals surface area contributed by atoms with Gasteiger partial charge in [-0.1, -0.05) is 274 Å². The summed E-state index contributed by atoms with van der Waals surface area (Å²) < 4.78 is 92.3. The number of ether oxygens (including phenoxy) is 3. The van der Waals surface area contributed by atoms with Crippen molar-refractivity contribution in [3.05, 3.63) is 298 Å². The van der Waals surface area contributed by atoms with Gasteiger partial charge in [-0.05, 0) is 289 Å². The Morgan fingerprint density at radius 2 is 0.741 bits per heavy atom. The van der Waals surface area contributed by atoms with Crippen molar-refractivity contribution >= 4 is 50.7 Å². The largest absolute Gasteiger partial charge is 0.497 e. The van der Waals surface area contributed by atoms with Crippen LogP contribution in [-0.4, -0.2) is 21.3 Å². The molecule has 0 radical (unpaired) electrons. The van der Waals surface area contributed by atoms with Gasteiger partial charge in [-0.2, -0.15) is 18.4 Å². The second-order valence-electron chi connectivity index (χ2n) is 32.7. The fourth-order valence-corrected chi connectivity index (χ4v) is 12.3. The Bertz CT molecular complexity index is 4130. The van der Waals surface area contributed by atoms with E-state index in [4.69, 9.17) is 54.3 Å². The Kier molecular flexibility index (Phi) is 57.6. The molecule has 4 nitrogen and oxygen atoms in total. The summed E-state index contributed by atoms with van der Waals surface area (Å²) in [5, 5.41) is 11.0. The fraction of sp³-hybridized carbons (Fsp3) is 0.441. The zero-order chi connectivity index (χ0) is 88.0. The molecule has 0 aliphatic rings. The van der Waals surface area contributed by atoms with Gasteiger partial charge in [-0.3, -0.25) is 0 Å². The molecule has 9 rings (SSSR count). The molecule has 0 aromatic heterocycles. The number of rotatable bonds is 22. The molecule has 0 saturated heterocycles. The lowest BCUT2D eigenvalue weighted by Crippen LogP contribution is -2.10. The average Bonchev–Trinajstić information content (AvgIpc) is 0.797. The Morgan fingerprint density at radius 3 is 1.19 bits per heavy atom. The van der Waals surface area contributed by atoms with Crippen molar-refractivity contribution in [2.75, 3.05) is 21.3 Å². The molecule has 0 heterocycles. The maximum absolute atomic E-state index is 12.9. The van der Waals surface area contributed by atoms with Gasteiger partial charge in [0.2, 0.25) is 0 Å². The number of hydrogen-bond donors (Lipinski definition) is 0. The lowest BCUT2D eigenvalue weighted by molar-refractivity contribution is -0.138. The monoisotopic (exact) mass is 1720 g/mol. The van der Waals surface area contributed by atoms with Crippen molar-refractivity contribution in [3.63, 3.8) is 0 Å².